The van der Waals surface area contributed by atoms with Gasteiger partial charge in [-0.25, -0.2) is 0 Å². The summed E-state index contributed by atoms with van der Waals surface area (Å²) in [5.41, 5.74) is 4.04. The fourth-order valence-corrected chi connectivity index (χ4v) is 2.38. The molecule has 0 fully saturated rings. The molecular formula is C19H29IN4. The van der Waals surface area contributed by atoms with E-state index in [2.05, 4.69) is 72.9 Å². The lowest BCUT2D eigenvalue weighted by Gasteiger charge is -2.19. The molecule has 0 unspecified atom stereocenters. The standard InChI is InChI=1S/C19H28N4.HI/c1-19(2,3)17-8-6-15(7-9-17)12-21-18(20-4)22-13-16-10-11-23(5)14-16;/h6-11,14H,12-13H2,1-5H3,(H2,20,21,22);1H. The second-order valence-corrected chi connectivity index (χ2v) is 6.91. The highest BCUT2D eigenvalue weighted by Gasteiger charge is 2.12. The van der Waals surface area contributed by atoms with Crippen molar-refractivity contribution in [1.82, 2.24) is 15.2 Å². The number of aromatic nitrogens is 1. The van der Waals surface area contributed by atoms with E-state index in [1.54, 1.807) is 7.05 Å². The maximum absolute atomic E-state index is 4.27. The fraction of sp³-hybridized carbons (Fsp3) is 0.421. The molecule has 1 aromatic carbocycles. The SMILES string of the molecule is CN=C(NCc1ccc(C(C)(C)C)cc1)NCc1ccn(C)c1.I. The minimum atomic E-state index is 0. The van der Waals surface area contributed by atoms with Crippen LogP contribution in [-0.4, -0.2) is 17.6 Å². The largest absolute Gasteiger partial charge is 0.357 e. The van der Waals surface area contributed by atoms with E-state index in [0.29, 0.717) is 0 Å². The van der Waals surface area contributed by atoms with Crippen LogP contribution in [0.15, 0.2) is 47.7 Å². The fourth-order valence-electron chi connectivity index (χ4n) is 2.38. The van der Waals surface area contributed by atoms with Gasteiger partial charge >= 0.3 is 0 Å². The van der Waals surface area contributed by atoms with E-state index in [-0.39, 0.29) is 29.4 Å². The number of nitrogens with zero attached hydrogens (tertiary/aromatic N) is 2. The van der Waals surface area contributed by atoms with Gasteiger partial charge in [0.25, 0.3) is 0 Å². The molecule has 0 aliphatic carbocycles. The quantitative estimate of drug-likeness (QED) is 0.432. The minimum Gasteiger partial charge on any atom is -0.357 e. The van der Waals surface area contributed by atoms with Crippen LogP contribution in [-0.2, 0) is 25.6 Å². The van der Waals surface area contributed by atoms with E-state index in [1.165, 1.54) is 16.7 Å². The van der Waals surface area contributed by atoms with E-state index in [9.17, 15) is 0 Å². The van der Waals surface area contributed by atoms with Gasteiger partial charge in [0, 0.05) is 39.6 Å². The van der Waals surface area contributed by atoms with Crippen molar-refractivity contribution >= 4 is 29.9 Å². The molecular weight excluding hydrogens is 411 g/mol. The van der Waals surface area contributed by atoms with Crippen molar-refractivity contribution in [1.29, 1.82) is 0 Å². The van der Waals surface area contributed by atoms with Gasteiger partial charge in [-0.3, -0.25) is 4.99 Å². The third kappa shape index (κ3) is 6.19. The lowest BCUT2D eigenvalue weighted by Crippen LogP contribution is -2.36. The average molecular weight is 440 g/mol. The van der Waals surface area contributed by atoms with Gasteiger partial charge in [-0.1, -0.05) is 45.0 Å². The number of guanidine groups is 1. The van der Waals surface area contributed by atoms with Crippen LogP contribution in [0.1, 0.15) is 37.5 Å². The van der Waals surface area contributed by atoms with Crippen LogP contribution >= 0.6 is 24.0 Å². The van der Waals surface area contributed by atoms with Gasteiger partial charge in [0.05, 0.1) is 0 Å². The van der Waals surface area contributed by atoms with Crippen molar-refractivity contribution in [3.8, 4) is 0 Å². The topological polar surface area (TPSA) is 41.4 Å². The van der Waals surface area contributed by atoms with Crippen LogP contribution in [0, 0.1) is 0 Å². The van der Waals surface area contributed by atoms with Gasteiger partial charge in [-0.05, 0) is 28.2 Å². The predicted molar refractivity (Wildman–Crippen MR) is 113 cm³/mol. The molecule has 0 amide bonds. The first-order chi connectivity index (χ1) is 10.9. The Morgan fingerprint density at radius 1 is 1.00 bits per heavy atom. The van der Waals surface area contributed by atoms with E-state index >= 15 is 0 Å². The Morgan fingerprint density at radius 3 is 2.04 bits per heavy atom. The summed E-state index contributed by atoms with van der Waals surface area (Å²) >= 11 is 0. The molecule has 0 aliphatic rings. The van der Waals surface area contributed by atoms with Crippen molar-refractivity contribution in [2.45, 2.75) is 39.3 Å². The number of benzene rings is 1. The zero-order valence-corrected chi connectivity index (χ0v) is 17.6. The molecule has 1 heterocycles. The molecule has 4 nitrogen and oxygen atoms in total. The third-order valence-corrected chi connectivity index (χ3v) is 3.86. The molecule has 0 saturated heterocycles. The van der Waals surface area contributed by atoms with E-state index in [1.807, 2.05) is 17.8 Å². The average Bonchev–Trinajstić information content (AvgIpc) is 2.92. The highest BCUT2D eigenvalue weighted by atomic mass is 127. The van der Waals surface area contributed by atoms with Gasteiger partial charge in [0.15, 0.2) is 5.96 Å². The summed E-state index contributed by atoms with van der Waals surface area (Å²) < 4.78 is 2.05. The van der Waals surface area contributed by atoms with Crippen LogP contribution in [0.4, 0.5) is 0 Å². The number of halogens is 1. The van der Waals surface area contributed by atoms with Crippen molar-refractivity contribution in [2.24, 2.45) is 12.0 Å². The van der Waals surface area contributed by atoms with Crippen molar-refractivity contribution in [2.75, 3.05) is 7.05 Å². The molecule has 0 spiro atoms. The Bertz CT molecular complexity index is 651. The molecule has 2 aromatic rings. The summed E-state index contributed by atoms with van der Waals surface area (Å²) in [6, 6.07) is 10.9. The highest BCUT2D eigenvalue weighted by molar-refractivity contribution is 14.0. The van der Waals surface area contributed by atoms with Crippen LogP contribution in [0.25, 0.3) is 0 Å². The number of rotatable bonds is 4. The smallest absolute Gasteiger partial charge is 0.191 e. The molecule has 5 heteroatoms. The summed E-state index contributed by atoms with van der Waals surface area (Å²) in [5.74, 6) is 0.814. The second-order valence-electron chi connectivity index (χ2n) is 6.91. The monoisotopic (exact) mass is 440 g/mol. The number of nitrogens with one attached hydrogen (secondary N) is 2. The maximum atomic E-state index is 4.27. The van der Waals surface area contributed by atoms with Gasteiger partial charge in [-0.15, -0.1) is 24.0 Å². The van der Waals surface area contributed by atoms with Crippen LogP contribution < -0.4 is 10.6 Å². The summed E-state index contributed by atoms with van der Waals surface area (Å²) in [6.07, 6.45) is 4.15. The van der Waals surface area contributed by atoms with Gasteiger partial charge in [0.2, 0.25) is 0 Å². The molecule has 24 heavy (non-hydrogen) atoms. The zero-order valence-electron chi connectivity index (χ0n) is 15.3. The van der Waals surface area contributed by atoms with Gasteiger partial charge < -0.3 is 15.2 Å². The second kappa shape index (κ2) is 9.11. The predicted octanol–water partition coefficient (Wildman–Crippen LogP) is 3.81. The molecule has 0 radical (unpaired) electrons. The van der Waals surface area contributed by atoms with Gasteiger partial charge in [0.1, 0.15) is 0 Å². The van der Waals surface area contributed by atoms with E-state index in [4.69, 9.17) is 0 Å². The van der Waals surface area contributed by atoms with Crippen LogP contribution in [0.5, 0.6) is 0 Å². The third-order valence-electron chi connectivity index (χ3n) is 3.86. The van der Waals surface area contributed by atoms with E-state index in [0.717, 1.165) is 19.0 Å². The first-order valence-electron chi connectivity index (χ1n) is 8.03. The first-order valence-corrected chi connectivity index (χ1v) is 8.03. The molecule has 0 aliphatic heterocycles. The Hall–Kier alpha value is -1.50. The van der Waals surface area contributed by atoms with Gasteiger partial charge in [-0.2, -0.15) is 0 Å². The molecule has 0 saturated carbocycles. The number of aryl methyl sites for hydroxylation is 1. The Balaban J connectivity index is 0.00000288. The summed E-state index contributed by atoms with van der Waals surface area (Å²) in [7, 11) is 3.82. The van der Waals surface area contributed by atoms with Crippen LogP contribution in [0.2, 0.25) is 0 Å². The zero-order chi connectivity index (χ0) is 16.9. The lowest BCUT2D eigenvalue weighted by molar-refractivity contribution is 0.590. The summed E-state index contributed by atoms with van der Waals surface area (Å²) in [6.45, 7) is 8.23. The minimum absolute atomic E-state index is 0. The summed E-state index contributed by atoms with van der Waals surface area (Å²) in [5, 5.41) is 6.68. The number of aliphatic imine (C=N–C) groups is 1. The van der Waals surface area contributed by atoms with Crippen molar-refractivity contribution < 1.29 is 0 Å². The Kier molecular flexibility index (Phi) is 7.79. The Morgan fingerprint density at radius 2 is 1.58 bits per heavy atom. The number of hydrogen-bond donors (Lipinski definition) is 2. The first kappa shape index (κ1) is 20.5. The van der Waals surface area contributed by atoms with Crippen molar-refractivity contribution in [3.63, 3.8) is 0 Å². The van der Waals surface area contributed by atoms with E-state index < -0.39 is 0 Å². The normalized spacial score (nSPS) is 11.8. The maximum Gasteiger partial charge on any atom is 0.191 e. The molecule has 0 atom stereocenters. The number of hydrogen-bond acceptors (Lipinski definition) is 1. The molecule has 2 rings (SSSR count). The summed E-state index contributed by atoms with van der Waals surface area (Å²) in [4.78, 5) is 4.27. The van der Waals surface area contributed by atoms with Crippen molar-refractivity contribution in [3.05, 3.63) is 59.4 Å². The molecule has 132 valence electrons. The lowest BCUT2D eigenvalue weighted by atomic mass is 9.87. The Labute approximate surface area is 162 Å². The van der Waals surface area contributed by atoms with Crippen LogP contribution in [0.3, 0.4) is 0 Å². The highest BCUT2D eigenvalue weighted by Crippen LogP contribution is 2.22. The molecule has 1 aromatic heterocycles. The molecule has 2 N–H and O–H groups in total. The molecule has 0 bridgehead atoms.